The van der Waals surface area contributed by atoms with E-state index in [1.165, 1.54) is 11.8 Å². The zero-order valence-corrected chi connectivity index (χ0v) is 8.43. The van der Waals surface area contributed by atoms with Gasteiger partial charge in [-0.2, -0.15) is 0 Å². The summed E-state index contributed by atoms with van der Waals surface area (Å²) in [6.45, 7) is 4.11. The van der Waals surface area contributed by atoms with Crippen molar-refractivity contribution in [2.45, 2.75) is 20.3 Å². The average molecular weight is 188 g/mol. The molecule has 0 bridgehead atoms. The van der Waals surface area contributed by atoms with Gasteiger partial charge in [0.05, 0.1) is 5.92 Å². The molecule has 1 saturated heterocycles. The van der Waals surface area contributed by atoms with Gasteiger partial charge in [0, 0.05) is 10.6 Å². The summed E-state index contributed by atoms with van der Waals surface area (Å²) in [6, 6.07) is 0. The van der Waals surface area contributed by atoms with Crippen molar-refractivity contribution in [2.75, 3.05) is 5.75 Å². The quantitative estimate of drug-likeness (QED) is 0.619. The highest BCUT2D eigenvalue weighted by molar-refractivity contribution is 8.14. The van der Waals surface area contributed by atoms with Crippen LogP contribution in [0.3, 0.4) is 0 Å². The van der Waals surface area contributed by atoms with Crippen LogP contribution in [0.1, 0.15) is 20.3 Å². The second-order valence-electron chi connectivity index (χ2n) is 3.07. The standard InChI is InChI=1S/C8H12OS2/c1-5(2)7(10)6-3-4-11-8(6)9/h5-6H,3-4H2,1-2H3. The molecule has 0 aromatic carbocycles. The Labute approximate surface area is 76.9 Å². The monoisotopic (exact) mass is 188 g/mol. The molecule has 1 aliphatic heterocycles. The van der Waals surface area contributed by atoms with Crippen LogP contribution in [0.15, 0.2) is 0 Å². The number of thioether (sulfide) groups is 1. The molecule has 11 heavy (non-hydrogen) atoms. The average Bonchev–Trinajstić information content (AvgIpc) is 2.33. The van der Waals surface area contributed by atoms with Gasteiger partial charge in [0.15, 0.2) is 5.12 Å². The van der Waals surface area contributed by atoms with Crippen LogP contribution in [0, 0.1) is 11.8 Å². The Kier molecular flexibility index (Phi) is 3.07. The van der Waals surface area contributed by atoms with Crippen molar-refractivity contribution in [3.05, 3.63) is 0 Å². The third kappa shape index (κ3) is 2.03. The Morgan fingerprint density at radius 1 is 1.73 bits per heavy atom. The van der Waals surface area contributed by atoms with Crippen molar-refractivity contribution in [3.8, 4) is 0 Å². The molecule has 0 spiro atoms. The summed E-state index contributed by atoms with van der Waals surface area (Å²) in [7, 11) is 0. The smallest absolute Gasteiger partial charge is 0.196 e. The maximum Gasteiger partial charge on any atom is 0.196 e. The lowest BCUT2D eigenvalue weighted by Gasteiger charge is -2.11. The number of hydrogen-bond donors (Lipinski definition) is 0. The zero-order valence-electron chi connectivity index (χ0n) is 6.79. The van der Waals surface area contributed by atoms with Crippen LogP contribution in [0.5, 0.6) is 0 Å². The van der Waals surface area contributed by atoms with Crippen molar-refractivity contribution >= 4 is 34.0 Å². The topological polar surface area (TPSA) is 17.1 Å². The Morgan fingerprint density at radius 2 is 2.36 bits per heavy atom. The van der Waals surface area contributed by atoms with Crippen molar-refractivity contribution in [2.24, 2.45) is 11.8 Å². The zero-order chi connectivity index (χ0) is 8.43. The van der Waals surface area contributed by atoms with E-state index in [4.69, 9.17) is 12.2 Å². The van der Waals surface area contributed by atoms with E-state index >= 15 is 0 Å². The van der Waals surface area contributed by atoms with E-state index < -0.39 is 0 Å². The van der Waals surface area contributed by atoms with Gasteiger partial charge in [-0.25, -0.2) is 0 Å². The third-order valence-electron chi connectivity index (χ3n) is 1.85. The van der Waals surface area contributed by atoms with Gasteiger partial charge in [0.25, 0.3) is 0 Å². The van der Waals surface area contributed by atoms with Crippen LogP contribution in [-0.2, 0) is 4.79 Å². The van der Waals surface area contributed by atoms with E-state index in [-0.39, 0.29) is 11.0 Å². The molecule has 1 atom stereocenters. The number of carbonyl (C=O) groups is 1. The molecule has 0 aromatic rings. The molecule has 0 aliphatic carbocycles. The van der Waals surface area contributed by atoms with E-state index in [1.54, 1.807) is 0 Å². The molecule has 62 valence electrons. The fourth-order valence-corrected chi connectivity index (χ4v) is 2.46. The predicted molar refractivity (Wildman–Crippen MR) is 53.0 cm³/mol. The van der Waals surface area contributed by atoms with Gasteiger partial charge in [0.2, 0.25) is 0 Å². The highest BCUT2D eigenvalue weighted by Crippen LogP contribution is 2.28. The Bertz CT molecular complexity index is 187. The summed E-state index contributed by atoms with van der Waals surface area (Å²) in [6.07, 6.45) is 0.959. The Morgan fingerprint density at radius 3 is 2.73 bits per heavy atom. The molecule has 1 nitrogen and oxygen atoms in total. The van der Waals surface area contributed by atoms with E-state index in [2.05, 4.69) is 13.8 Å². The molecule has 1 heterocycles. The highest BCUT2D eigenvalue weighted by Gasteiger charge is 2.29. The molecule has 1 fully saturated rings. The molecular weight excluding hydrogens is 176 g/mol. The molecule has 0 amide bonds. The number of carbonyl (C=O) groups excluding carboxylic acids is 1. The molecule has 1 rings (SSSR count). The van der Waals surface area contributed by atoms with Crippen LogP contribution in [0.2, 0.25) is 0 Å². The molecule has 0 N–H and O–H groups in total. The summed E-state index contributed by atoms with van der Waals surface area (Å²) < 4.78 is 0. The van der Waals surface area contributed by atoms with Crippen LogP contribution in [0.25, 0.3) is 0 Å². The Balaban J connectivity index is 2.60. The van der Waals surface area contributed by atoms with Crippen molar-refractivity contribution < 1.29 is 4.79 Å². The molecule has 0 radical (unpaired) electrons. The lowest BCUT2D eigenvalue weighted by atomic mass is 9.96. The minimum atomic E-state index is 0.0787. The van der Waals surface area contributed by atoms with Gasteiger partial charge in [-0.3, -0.25) is 4.79 Å². The molecule has 1 unspecified atom stereocenters. The van der Waals surface area contributed by atoms with Gasteiger partial charge >= 0.3 is 0 Å². The Hall–Kier alpha value is 0.110. The number of rotatable bonds is 2. The number of hydrogen-bond acceptors (Lipinski definition) is 3. The van der Waals surface area contributed by atoms with Gasteiger partial charge in [-0.05, 0) is 12.3 Å². The lowest BCUT2D eigenvalue weighted by Crippen LogP contribution is -2.20. The third-order valence-corrected chi connectivity index (χ3v) is 3.61. The highest BCUT2D eigenvalue weighted by atomic mass is 32.2. The maximum absolute atomic E-state index is 11.2. The van der Waals surface area contributed by atoms with Gasteiger partial charge in [-0.15, -0.1) is 0 Å². The first-order chi connectivity index (χ1) is 5.13. The molecule has 0 saturated carbocycles. The molecule has 0 aromatic heterocycles. The van der Waals surface area contributed by atoms with E-state index in [0.29, 0.717) is 5.92 Å². The molecular formula is C8H12OS2. The summed E-state index contributed by atoms with van der Waals surface area (Å²) >= 11 is 6.61. The van der Waals surface area contributed by atoms with Gasteiger partial charge < -0.3 is 0 Å². The van der Waals surface area contributed by atoms with Crippen LogP contribution >= 0.6 is 24.0 Å². The second-order valence-corrected chi connectivity index (χ2v) is 4.64. The van der Waals surface area contributed by atoms with Gasteiger partial charge in [0.1, 0.15) is 0 Å². The SMILES string of the molecule is CC(C)C(=S)C1CCSC1=O. The fraction of sp³-hybridized carbons (Fsp3) is 0.750. The van der Waals surface area contributed by atoms with Crippen molar-refractivity contribution in [1.29, 1.82) is 0 Å². The minimum Gasteiger partial charge on any atom is -0.287 e. The first-order valence-corrected chi connectivity index (χ1v) is 5.22. The first-order valence-electron chi connectivity index (χ1n) is 3.83. The lowest BCUT2D eigenvalue weighted by molar-refractivity contribution is -0.112. The van der Waals surface area contributed by atoms with Gasteiger partial charge in [-0.1, -0.05) is 37.8 Å². The van der Waals surface area contributed by atoms with Crippen LogP contribution in [0.4, 0.5) is 0 Å². The summed E-state index contributed by atoms with van der Waals surface area (Å²) in [5, 5.41) is 0.281. The second kappa shape index (κ2) is 3.68. The number of thiocarbonyl (C=S) groups is 1. The van der Waals surface area contributed by atoms with Crippen molar-refractivity contribution in [1.82, 2.24) is 0 Å². The summed E-state index contributed by atoms with van der Waals surface area (Å²) in [5.74, 6) is 1.41. The van der Waals surface area contributed by atoms with Crippen LogP contribution < -0.4 is 0 Å². The first kappa shape index (κ1) is 9.20. The summed E-state index contributed by atoms with van der Waals surface area (Å²) in [5.41, 5.74) is 0. The normalized spacial score (nSPS) is 24.6. The molecule has 1 aliphatic rings. The fourth-order valence-electron chi connectivity index (χ4n) is 1.16. The van der Waals surface area contributed by atoms with Crippen LogP contribution in [-0.4, -0.2) is 15.7 Å². The predicted octanol–water partition coefficient (Wildman–Crippen LogP) is 2.29. The maximum atomic E-state index is 11.2. The van der Waals surface area contributed by atoms with Crippen molar-refractivity contribution in [3.63, 3.8) is 0 Å². The van der Waals surface area contributed by atoms with E-state index in [9.17, 15) is 4.79 Å². The minimum absolute atomic E-state index is 0.0787. The summed E-state index contributed by atoms with van der Waals surface area (Å²) in [4.78, 5) is 12.1. The van der Waals surface area contributed by atoms with E-state index in [1.807, 2.05) is 0 Å². The van der Waals surface area contributed by atoms with E-state index in [0.717, 1.165) is 17.0 Å². The largest absolute Gasteiger partial charge is 0.287 e. The molecule has 3 heteroatoms.